The lowest BCUT2D eigenvalue weighted by Gasteiger charge is -2.13. The highest BCUT2D eigenvalue weighted by Gasteiger charge is 2.13. The van der Waals surface area contributed by atoms with E-state index in [1.54, 1.807) is 31.6 Å². The third kappa shape index (κ3) is 4.46. The van der Waals surface area contributed by atoms with E-state index in [2.05, 4.69) is 29.4 Å². The molecule has 1 N–H and O–H groups in total. The molecule has 5 nitrogen and oxygen atoms in total. The van der Waals surface area contributed by atoms with Crippen molar-refractivity contribution in [2.75, 3.05) is 19.5 Å². The van der Waals surface area contributed by atoms with Crippen LogP contribution >= 0.6 is 11.3 Å². The maximum absolute atomic E-state index is 12.5. The number of nitrogens with one attached hydrogen (secondary N) is 1. The zero-order valence-corrected chi connectivity index (χ0v) is 16.6. The van der Waals surface area contributed by atoms with Crippen LogP contribution in [0.5, 0.6) is 11.5 Å². The Kier molecular flexibility index (Phi) is 5.76. The van der Waals surface area contributed by atoms with Gasteiger partial charge in [0.05, 0.1) is 26.3 Å². The summed E-state index contributed by atoms with van der Waals surface area (Å²) < 4.78 is 10.6. The van der Waals surface area contributed by atoms with Crippen molar-refractivity contribution in [2.45, 2.75) is 20.3 Å². The van der Waals surface area contributed by atoms with Crippen LogP contribution in [0.25, 0.3) is 10.6 Å². The van der Waals surface area contributed by atoms with Crippen molar-refractivity contribution in [1.29, 1.82) is 0 Å². The topological polar surface area (TPSA) is 60.5 Å². The minimum atomic E-state index is -0.119. The predicted octanol–water partition coefficient (Wildman–Crippen LogP) is 4.63. The fourth-order valence-corrected chi connectivity index (χ4v) is 3.59. The van der Waals surface area contributed by atoms with Crippen LogP contribution in [0.4, 0.5) is 5.69 Å². The summed E-state index contributed by atoms with van der Waals surface area (Å²) in [6.07, 6.45) is 0.218. The first kappa shape index (κ1) is 18.9. The van der Waals surface area contributed by atoms with Gasteiger partial charge < -0.3 is 14.8 Å². The Bertz CT molecular complexity index is 966. The molecule has 0 saturated carbocycles. The fourth-order valence-electron chi connectivity index (χ4n) is 2.77. The summed E-state index contributed by atoms with van der Waals surface area (Å²) in [5.41, 5.74) is 4.62. The summed E-state index contributed by atoms with van der Waals surface area (Å²) in [6.45, 7) is 3.97. The molecule has 1 aromatic heterocycles. The van der Waals surface area contributed by atoms with E-state index in [-0.39, 0.29) is 12.3 Å². The molecule has 0 aliphatic rings. The van der Waals surface area contributed by atoms with E-state index in [1.165, 1.54) is 5.56 Å². The molecular weight excluding hydrogens is 360 g/mol. The summed E-state index contributed by atoms with van der Waals surface area (Å²) in [4.78, 5) is 17.1. The van der Waals surface area contributed by atoms with E-state index in [4.69, 9.17) is 9.47 Å². The summed E-state index contributed by atoms with van der Waals surface area (Å²) in [5, 5.41) is 5.78. The number of methoxy groups -OCH3 is 2. The summed E-state index contributed by atoms with van der Waals surface area (Å²) >= 11 is 1.55. The van der Waals surface area contributed by atoms with E-state index in [1.807, 2.05) is 30.5 Å². The lowest BCUT2D eigenvalue weighted by Crippen LogP contribution is -2.15. The zero-order valence-electron chi connectivity index (χ0n) is 15.8. The smallest absolute Gasteiger partial charge is 0.230 e. The first-order valence-electron chi connectivity index (χ1n) is 8.54. The van der Waals surface area contributed by atoms with Crippen LogP contribution in [0, 0.1) is 13.8 Å². The van der Waals surface area contributed by atoms with Crippen molar-refractivity contribution in [3.63, 3.8) is 0 Å². The second-order valence-electron chi connectivity index (χ2n) is 6.26. The molecule has 1 amide bonds. The van der Waals surface area contributed by atoms with Gasteiger partial charge in [0.25, 0.3) is 0 Å². The summed E-state index contributed by atoms with van der Waals surface area (Å²) in [5.74, 6) is 1.09. The van der Waals surface area contributed by atoms with Crippen molar-refractivity contribution in [2.24, 2.45) is 0 Å². The maximum Gasteiger partial charge on any atom is 0.230 e. The van der Waals surface area contributed by atoms with Gasteiger partial charge in [-0.05, 0) is 31.5 Å². The second kappa shape index (κ2) is 8.22. The van der Waals surface area contributed by atoms with E-state index in [9.17, 15) is 4.79 Å². The van der Waals surface area contributed by atoms with Crippen LogP contribution in [-0.2, 0) is 11.2 Å². The molecule has 3 aromatic rings. The fraction of sp³-hybridized carbons (Fsp3) is 0.238. The Morgan fingerprint density at radius 1 is 1.11 bits per heavy atom. The number of hydrogen-bond acceptors (Lipinski definition) is 5. The highest BCUT2D eigenvalue weighted by molar-refractivity contribution is 7.13. The average molecular weight is 382 g/mol. The van der Waals surface area contributed by atoms with Crippen LogP contribution in [0.3, 0.4) is 0 Å². The third-order valence-corrected chi connectivity index (χ3v) is 5.10. The number of anilines is 1. The summed E-state index contributed by atoms with van der Waals surface area (Å²) in [7, 11) is 3.16. The monoisotopic (exact) mass is 382 g/mol. The van der Waals surface area contributed by atoms with Crippen molar-refractivity contribution >= 4 is 22.9 Å². The van der Waals surface area contributed by atoms with Gasteiger partial charge in [0.1, 0.15) is 5.01 Å². The van der Waals surface area contributed by atoms with Gasteiger partial charge in [-0.1, -0.05) is 23.8 Å². The quantitative estimate of drug-likeness (QED) is 0.675. The Balaban J connectivity index is 1.72. The molecule has 0 unspecified atom stereocenters. The van der Waals surface area contributed by atoms with Crippen molar-refractivity contribution in [3.8, 4) is 22.1 Å². The van der Waals surface area contributed by atoms with Gasteiger partial charge in [-0.25, -0.2) is 4.98 Å². The molecule has 1 heterocycles. The number of aromatic nitrogens is 1. The normalized spacial score (nSPS) is 10.5. The second-order valence-corrected chi connectivity index (χ2v) is 7.12. The standard InChI is InChI=1S/C21H22N2O3S/c1-13-6-5-7-15(8-13)21-22-16(12-27-21)10-20(24)23-17-11-19(26-4)18(25-3)9-14(17)2/h5-9,11-12H,10H2,1-4H3,(H,23,24). The molecule has 0 aliphatic heterocycles. The van der Waals surface area contributed by atoms with E-state index in [0.29, 0.717) is 17.2 Å². The van der Waals surface area contributed by atoms with E-state index < -0.39 is 0 Å². The van der Waals surface area contributed by atoms with Crippen molar-refractivity contribution < 1.29 is 14.3 Å². The molecule has 0 aliphatic carbocycles. The molecule has 0 saturated heterocycles. The molecule has 27 heavy (non-hydrogen) atoms. The number of hydrogen-bond donors (Lipinski definition) is 1. The largest absolute Gasteiger partial charge is 0.493 e. The lowest BCUT2D eigenvalue weighted by molar-refractivity contribution is -0.115. The SMILES string of the molecule is COc1cc(C)c(NC(=O)Cc2csc(-c3cccc(C)c3)n2)cc1OC. The van der Waals surface area contributed by atoms with Crippen LogP contribution in [0.15, 0.2) is 41.8 Å². The minimum Gasteiger partial charge on any atom is -0.493 e. The van der Waals surface area contributed by atoms with Gasteiger partial charge >= 0.3 is 0 Å². The number of rotatable bonds is 6. The molecule has 0 atom stereocenters. The van der Waals surface area contributed by atoms with Gasteiger partial charge in [-0.15, -0.1) is 11.3 Å². The number of carbonyl (C=O) groups is 1. The molecule has 3 rings (SSSR count). The predicted molar refractivity (Wildman–Crippen MR) is 109 cm³/mol. The first-order chi connectivity index (χ1) is 13.0. The van der Waals surface area contributed by atoms with Crippen LogP contribution in [0.1, 0.15) is 16.8 Å². The van der Waals surface area contributed by atoms with Crippen LogP contribution in [0.2, 0.25) is 0 Å². The number of carbonyl (C=O) groups excluding carboxylic acids is 1. The van der Waals surface area contributed by atoms with Gasteiger partial charge in [0, 0.05) is 22.7 Å². The molecule has 140 valence electrons. The lowest BCUT2D eigenvalue weighted by atomic mass is 10.1. The zero-order chi connectivity index (χ0) is 19.4. The van der Waals surface area contributed by atoms with E-state index in [0.717, 1.165) is 21.8 Å². The average Bonchev–Trinajstić information content (AvgIpc) is 3.11. The van der Waals surface area contributed by atoms with Crippen LogP contribution < -0.4 is 14.8 Å². The molecule has 6 heteroatoms. The molecule has 0 spiro atoms. The molecule has 0 bridgehead atoms. The number of thiazole rings is 1. The highest BCUT2D eigenvalue weighted by Crippen LogP contribution is 2.33. The van der Waals surface area contributed by atoms with Gasteiger partial charge in [-0.3, -0.25) is 4.79 Å². The van der Waals surface area contributed by atoms with Gasteiger partial charge in [0.2, 0.25) is 5.91 Å². The number of nitrogens with zero attached hydrogens (tertiary/aromatic N) is 1. The Morgan fingerprint density at radius 3 is 2.56 bits per heavy atom. The number of amides is 1. The number of aryl methyl sites for hydroxylation is 2. The highest BCUT2D eigenvalue weighted by atomic mass is 32.1. The molecule has 2 aromatic carbocycles. The Hall–Kier alpha value is -2.86. The first-order valence-corrected chi connectivity index (χ1v) is 9.42. The third-order valence-electron chi connectivity index (χ3n) is 4.16. The number of benzene rings is 2. The van der Waals surface area contributed by atoms with Crippen LogP contribution in [-0.4, -0.2) is 25.1 Å². The minimum absolute atomic E-state index is 0.119. The molecule has 0 radical (unpaired) electrons. The maximum atomic E-state index is 12.5. The molecular formula is C21H22N2O3S. The number of ether oxygens (including phenoxy) is 2. The van der Waals surface area contributed by atoms with E-state index >= 15 is 0 Å². The van der Waals surface area contributed by atoms with Crippen molar-refractivity contribution in [1.82, 2.24) is 4.98 Å². The summed E-state index contributed by atoms with van der Waals surface area (Å²) in [6, 6.07) is 11.8. The Morgan fingerprint density at radius 2 is 1.85 bits per heavy atom. The molecule has 0 fully saturated rings. The van der Waals surface area contributed by atoms with Crippen molar-refractivity contribution in [3.05, 3.63) is 58.6 Å². The van der Waals surface area contributed by atoms with Gasteiger partial charge in [-0.2, -0.15) is 0 Å². The Labute approximate surface area is 163 Å². The van der Waals surface area contributed by atoms with Gasteiger partial charge in [0.15, 0.2) is 11.5 Å².